The molecule has 1 heterocycles. The molecule has 5 heteroatoms. The zero-order chi connectivity index (χ0) is 12.4. The fourth-order valence-electron chi connectivity index (χ4n) is 2.76. The van der Waals surface area contributed by atoms with Crippen LogP contribution in [0, 0.1) is 5.92 Å². The van der Waals surface area contributed by atoms with Crippen molar-refractivity contribution < 1.29 is 9.59 Å². The standard InChI is InChI=1S/C12H20N2O2S/c1-8-7-14(12(16)13-11(8)15)9-5-3-4-6-10(9)17-2/h8-10H,3-7H2,1-2H3,(H,13,15,16). The molecule has 96 valence electrons. The molecule has 2 rings (SSSR count). The maximum absolute atomic E-state index is 11.9. The number of carbonyl (C=O) groups is 2. The lowest BCUT2D eigenvalue weighted by Crippen LogP contribution is -2.59. The number of urea groups is 1. The van der Waals surface area contributed by atoms with Gasteiger partial charge in [0, 0.05) is 17.8 Å². The maximum atomic E-state index is 11.9. The first-order valence-corrected chi connectivity index (χ1v) is 7.56. The molecule has 1 N–H and O–H groups in total. The molecule has 3 unspecified atom stereocenters. The van der Waals surface area contributed by atoms with E-state index in [1.54, 1.807) is 0 Å². The van der Waals surface area contributed by atoms with Crippen molar-refractivity contribution in [1.82, 2.24) is 10.2 Å². The third-order valence-corrected chi connectivity index (χ3v) is 4.94. The van der Waals surface area contributed by atoms with E-state index in [9.17, 15) is 9.59 Å². The van der Waals surface area contributed by atoms with Gasteiger partial charge in [-0.2, -0.15) is 11.8 Å². The van der Waals surface area contributed by atoms with E-state index < -0.39 is 0 Å². The predicted octanol–water partition coefficient (Wildman–Crippen LogP) is 1.85. The maximum Gasteiger partial charge on any atom is 0.324 e. The van der Waals surface area contributed by atoms with Crippen molar-refractivity contribution >= 4 is 23.7 Å². The van der Waals surface area contributed by atoms with Gasteiger partial charge in [0.2, 0.25) is 5.91 Å². The first-order valence-electron chi connectivity index (χ1n) is 6.27. The smallest absolute Gasteiger partial charge is 0.320 e. The van der Waals surface area contributed by atoms with Gasteiger partial charge in [0.1, 0.15) is 0 Å². The fourth-order valence-corrected chi connectivity index (χ4v) is 3.76. The fraction of sp³-hybridized carbons (Fsp3) is 0.833. The molecule has 17 heavy (non-hydrogen) atoms. The van der Waals surface area contributed by atoms with Gasteiger partial charge in [-0.15, -0.1) is 0 Å². The topological polar surface area (TPSA) is 49.4 Å². The Labute approximate surface area is 106 Å². The number of imide groups is 1. The largest absolute Gasteiger partial charge is 0.324 e. The second kappa shape index (κ2) is 5.29. The molecule has 0 aromatic heterocycles. The third kappa shape index (κ3) is 2.59. The lowest BCUT2D eigenvalue weighted by atomic mass is 9.92. The van der Waals surface area contributed by atoms with E-state index in [0.717, 1.165) is 6.42 Å². The summed E-state index contributed by atoms with van der Waals surface area (Å²) in [5, 5.41) is 2.98. The number of rotatable bonds is 2. The summed E-state index contributed by atoms with van der Waals surface area (Å²) in [7, 11) is 0. The molecule has 0 aromatic rings. The van der Waals surface area contributed by atoms with Crippen molar-refractivity contribution in [3.8, 4) is 0 Å². The molecule has 0 bridgehead atoms. The van der Waals surface area contributed by atoms with Crippen LogP contribution in [0.2, 0.25) is 0 Å². The summed E-state index contributed by atoms with van der Waals surface area (Å²) in [5.74, 6) is -0.222. The summed E-state index contributed by atoms with van der Waals surface area (Å²) in [6.45, 7) is 2.46. The number of nitrogens with zero attached hydrogens (tertiary/aromatic N) is 1. The minimum Gasteiger partial charge on any atom is -0.320 e. The highest BCUT2D eigenvalue weighted by molar-refractivity contribution is 7.99. The molecule has 4 nitrogen and oxygen atoms in total. The number of nitrogens with one attached hydrogen (secondary N) is 1. The number of hydrogen-bond acceptors (Lipinski definition) is 3. The zero-order valence-corrected chi connectivity index (χ0v) is 11.3. The van der Waals surface area contributed by atoms with Crippen LogP contribution in [0.3, 0.4) is 0 Å². The Kier molecular flexibility index (Phi) is 3.97. The highest BCUT2D eigenvalue weighted by atomic mass is 32.2. The minimum atomic E-state index is -0.195. The summed E-state index contributed by atoms with van der Waals surface area (Å²) >= 11 is 1.84. The molecule has 2 fully saturated rings. The molecule has 0 spiro atoms. The summed E-state index contributed by atoms with van der Waals surface area (Å²) in [6, 6.07) is 0.105. The number of carbonyl (C=O) groups excluding carboxylic acids is 2. The van der Waals surface area contributed by atoms with Crippen LogP contribution in [-0.2, 0) is 4.79 Å². The van der Waals surface area contributed by atoms with E-state index in [0.29, 0.717) is 17.8 Å². The molecule has 1 aliphatic heterocycles. The predicted molar refractivity (Wildman–Crippen MR) is 69.0 cm³/mol. The van der Waals surface area contributed by atoms with Gasteiger partial charge in [0.05, 0.1) is 5.92 Å². The number of hydrogen-bond donors (Lipinski definition) is 1. The Balaban J connectivity index is 2.09. The highest BCUT2D eigenvalue weighted by Crippen LogP contribution is 2.31. The van der Waals surface area contributed by atoms with Crippen LogP contribution < -0.4 is 5.32 Å². The Hall–Kier alpha value is -0.710. The first kappa shape index (κ1) is 12.7. The monoisotopic (exact) mass is 256 g/mol. The van der Waals surface area contributed by atoms with Crippen LogP contribution in [0.15, 0.2) is 0 Å². The molecule has 0 radical (unpaired) electrons. The van der Waals surface area contributed by atoms with Crippen LogP contribution in [-0.4, -0.2) is 40.9 Å². The van der Waals surface area contributed by atoms with E-state index in [-0.39, 0.29) is 17.9 Å². The Morgan fingerprint density at radius 1 is 1.29 bits per heavy atom. The normalized spacial score (nSPS) is 34.7. The van der Waals surface area contributed by atoms with Gasteiger partial charge in [-0.1, -0.05) is 19.8 Å². The summed E-state index contributed by atoms with van der Waals surface area (Å²) < 4.78 is 0. The summed E-state index contributed by atoms with van der Waals surface area (Å²) in [5.41, 5.74) is 0. The van der Waals surface area contributed by atoms with Gasteiger partial charge < -0.3 is 4.90 Å². The molecular formula is C12H20N2O2S. The Morgan fingerprint density at radius 3 is 2.71 bits per heavy atom. The molecule has 1 aliphatic carbocycles. The van der Waals surface area contributed by atoms with Crippen molar-refractivity contribution in [1.29, 1.82) is 0 Å². The van der Waals surface area contributed by atoms with Crippen LogP contribution >= 0.6 is 11.8 Å². The van der Waals surface area contributed by atoms with E-state index in [2.05, 4.69) is 11.6 Å². The lowest BCUT2D eigenvalue weighted by molar-refractivity contribution is -0.125. The molecule has 0 aromatic carbocycles. The van der Waals surface area contributed by atoms with E-state index in [1.807, 2.05) is 23.6 Å². The van der Waals surface area contributed by atoms with Crippen molar-refractivity contribution in [3.63, 3.8) is 0 Å². The molecular weight excluding hydrogens is 236 g/mol. The average molecular weight is 256 g/mol. The van der Waals surface area contributed by atoms with Crippen molar-refractivity contribution in [2.75, 3.05) is 12.8 Å². The van der Waals surface area contributed by atoms with Gasteiger partial charge in [0.25, 0.3) is 0 Å². The zero-order valence-electron chi connectivity index (χ0n) is 10.4. The summed E-state index contributed by atoms with van der Waals surface area (Å²) in [4.78, 5) is 25.2. The van der Waals surface area contributed by atoms with E-state index >= 15 is 0 Å². The van der Waals surface area contributed by atoms with Gasteiger partial charge in [0.15, 0.2) is 0 Å². The van der Waals surface area contributed by atoms with Crippen LogP contribution in [0.25, 0.3) is 0 Å². The van der Waals surface area contributed by atoms with Crippen LogP contribution in [0.1, 0.15) is 32.6 Å². The number of thioether (sulfide) groups is 1. The molecule has 3 atom stereocenters. The van der Waals surface area contributed by atoms with Crippen molar-refractivity contribution in [2.24, 2.45) is 5.92 Å². The molecule has 1 saturated carbocycles. The first-order chi connectivity index (χ1) is 8.13. The number of amides is 3. The van der Waals surface area contributed by atoms with Gasteiger partial charge >= 0.3 is 6.03 Å². The van der Waals surface area contributed by atoms with Crippen molar-refractivity contribution in [3.05, 3.63) is 0 Å². The quantitative estimate of drug-likeness (QED) is 0.820. The van der Waals surface area contributed by atoms with E-state index in [4.69, 9.17) is 0 Å². The Morgan fingerprint density at radius 2 is 2.00 bits per heavy atom. The molecule has 1 saturated heterocycles. The second-order valence-corrected chi connectivity index (χ2v) is 6.05. The van der Waals surface area contributed by atoms with Gasteiger partial charge in [-0.3, -0.25) is 10.1 Å². The van der Waals surface area contributed by atoms with Gasteiger partial charge in [-0.25, -0.2) is 4.79 Å². The SMILES string of the molecule is CSC1CCCCC1N1CC(C)C(=O)NC1=O. The Bertz CT molecular complexity index is 322. The lowest BCUT2D eigenvalue weighted by Gasteiger charge is -2.42. The summed E-state index contributed by atoms with van der Waals surface area (Å²) in [6.07, 6.45) is 6.80. The molecule has 3 amide bonds. The second-order valence-electron chi connectivity index (χ2n) is 4.97. The molecule has 2 aliphatic rings. The van der Waals surface area contributed by atoms with Crippen LogP contribution in [0.4, 0.5) is 4.79 Å². The van der Waals surface area contributed by atoms with Crippen molar-refractivity contribution in [2.45, 2.75) is 43.9 Å². The van der Waals surface area contributed by atoms with Crippen LogP contribution in [0.5, 0.6) is 0 Å². The highest BCUT2D eigenvalue weighted by Gasteiger charge is 2.37. The van der Waals surface area contributed by atoms with E-state index in [1.165, 1.54) is 19.3 Å². The minimum absolute atomic E-state index is 0.0860. The third-order valence-electron chi connectivity index (χ3n) is 3.78. The van der Waals surface area contributed by atoms with Gasteiger partial charge in [-0.05, 0) is 19.1 Å². The average Bonchev–Trinajstić information content (AvgIpc) is 2.34.